The normalized spacial score (nSPS) is 16.0. The van der Waals surface area contributed by atoms with Crippen LogP contribution >= 0.6 is 11.8 Å². The Hall–Kier alpha value is -2.53. The van der Waals surface area contributed by atoms with Gasteiger partial charge in [-0.05, 0) is 36.8 Å². The van der Waals surface area contributed by atoms with Crippen molar-refractivity contribution < 1.29 is 9.59 Å². The topological polar surface area (TPSA) is 49.4 Å². The second kappa shape index (κ2) is 6.71. The van der Waals surface area contributed by atoms with Gasteiger partial charge in [0.05, 0.1) is 0 Å². The van der Waals surface area contributed by atoms with Gasteiger partial charge in [0.2, 0.25) is 0 Å². The van der Waals surface area contributed by atoms with Crippen LogP contribution in [0.3, 0.4) is 0 Å². The number of nitrogens with one attached hydrogen (secondary N) is 1. The molecule has 1 aliphatic heterocycles. The second-order valence-corrected chi connectivity index (χ2v) is 6.11. The Balaban J connectivity index is 1.91. The molecule has 0 unspecified atom stereocenters. The van der Waals surface area contributed by atoms with E-state index in [-0.39, 0.29) is 11.9 Å². The number of urea groups is 1. The fourth-order valence-corrected chi connectivity index (χ4v) is 3.26. The summed E-state index contributed by atoms with van der Waals surface area (Å²) in [5.41, 5.74) is 1.22. The minimum atomic E-state index is -0.364. The number of rotatable bonds is 4. The van der Waals surface area contributed by atoms with Crippen LogP contribution in [0.25, 0.3) is 6.08 Å². The molecular weight excluding hydrogens is 308 g/mol. The van der Waals surface area contributed by atoms with E-state index >= 15 is 0 Å². The molecule has 0 atom stereocenters. The van der Waals surface area contributed by atoms with Gasteiger partial charge in [-0.1, -0.05) is 48.2 Å². The van der Waals surface area contributed by atoms with E-state index in [0.717, 1.165) is 15.4 Å². The van der Waals surface area contributed by atoms with Crippen molar-refractivity contribution in [3.63, 3.8) is 0 Å². The lowest BCUT2D eigenvalue weighted by Crippen LogP contribution is -2.30. The summed E-state index contributed by atoms with van der Waals surface area (Å²) in [5, 5.41) is 2.63. The zero-order chi connectivity index (χ0) is 16.2. The monoisotopic (exact) mass is 324 g/mol. The molecule has 1 aliphatic rings. The molecule has 2 aromatic rings. The number of hydrogen-bond donors (Lipinski definition) is 1. The smallest absolute Gasteiger partial charge is 0.303 e. The van der Waals surface area contributed by atoms with E-state index in [0.29, 0.717) is 12.2 Å². The van der Waals surface area contributed by atoms with Crippen molar-refractivity contribution in [2.75, 3.05) is 6.54 Å². The zero-order valence-corrected chi connectivity index (χ0v) is 13.5. The van der Waals surface area contributed by atoms with Crippen molar-refractivity contribution in [2.45, 2.75) is 16.7 Å². The molecule has 0 aromatic heterocycles. The summed E-state index contributed by atoms with van der Waals surface area (Å²) in [6, 6.07) is 17.5. The third kappa shape index (κ3) is 3.29. The van der Waals surface area contributed by atoms with E-state index in [2.05, 4.69) is 5.32 Å². The average molecular weight is 324 g/mol. The van der Waals surface area contributed by atoms with Crippen molar-refractivity contribution in [1.82, 2.24) is 10.2 Å². The van der Waals surface area contributed by atoms with Crippen molar-refractivity contribution in [1.29, 1.82) is 0 Å². The minimum Gasteiger partial charge on any atom is -0.303 e. The molecule has 0 bridgehead atoms. The first-order valence-corrected chi connectivity index (χ1v) is 8.17. The molecule has 1 heterocycles. The lowest BCUT2D eigenvalue weighted by molar-refractivity contribution is -0.122. The predicted octanol–water partition coefficient (Wildman–Crippen LogP) is 3.75. The molecule has 3 rings (SSSR count). The third-order valence-corrected chi connectivity index (χ3v) is 4.57. The Kier molecular flexibility index (Phi) is 4.48. The molecule has 116 valence electrons. The summed E-state index contributed by atoms with van der Waals surface area (Å²) < 4.78 is 0. The summed E-state index contributed by atoms with van der Waals surface area (Å²) in [5.74, 6) is -0.281. The van der Waals surface area contributed by atoms with E-state index in [1.807, 2.05) is 54.6 Å². The van der Waals surface area contributed by atoms with E-state index in [4.69, 9.17) is 0 Å². The van der Waals surface area contributed by atoms with Gasteiger partial charge < -0.3 is 5.32 Å². The van der Waals surface area contributed by atoms with Gasteiger partial charge in [-0.2, -0.15) is 0 Å². The first-order valence-electron chi connectivity index (χ1n) is 7.35. The summed E-state index contributed by atoms with van der Waals surface area (Å²) in [6.45, 7) is 2.14. The van der Waals surface area contributed by atoms with E-state index in [9.17, 15) is 9.59 Å². The highest BCUT2D eigenvalue weighted by molar-refractivity contribution is 7.99. The predicted molar refractivity (Wildman–Crippen MR) is 90.9 cm³/mol. The van der Waals surface area contributed by atoms with Gasteiger partial charge in [0, 0.05) is 16.3 Å². The number of carbonyl (C=O) groups excluding carboxylic acids is 2. The van der Waals surface area contributed by atoms with E-state index < -0.39 is 0 Å². The number of nitrogens with zero attached hydrogens (tertiary/aromatic N) is 1. The molecule has 0 saturated carbocycles. The highest BCUT2D eigenvalue weighted by Gasteiger charge is 2.32. The molecule has 2 aromatic carbocycles. The highest BCUT2D eigenvalue weighted by Crippen LogP contribution is 2.31. The number of benzene rings is 2. The molecule has 4 nitrogen and oxygen atoms in total. The van der Waals surface area contributed by atoms with Crippen molar-refractivity contribution in [2.24, 2.45) is 0 Å². The number of imide groups is 1. The zero-order valence-electron chi connectivity index (χ0n) is 12.7. The van der Waals surface area contributed by atoms with Crippen LogP contribution in [0.15, 0.2) is 70.1 Å². The molecule has 3 amide bonds. The Morgan fingerprint density at radius 3 is 2.43 bits per heavy atom. The standard InChI is InChI=1S/C18H16N2O2S/c1-2-20-17(21)15(19-18(20)22)12-13-8-6-7-11-16(13)23-14-9-4-3-5-10-14/h3-12H,2H2,1H3,(H,19,22)/b15-12-. The molecule has 23 heavy (non-hydrogen) atoms. The lowest BCUT2D eigenvalue weighted by Gasteiger charge is -2.07. The molecule has 0 aliphatic carbocycles. The molecule has 1 saturated heterocycles. The van der Waals surface area contributed by atoms with Crippen LogP contribution in [0.4, 0.5) is 4.79 Å². The van der Waals surface area contributed by atoms with Gasteiger partial charge in [0.1, 0.15) is 5.70 Å². The maximum Gasteiger partial charge on any atom is 0.328 e. The highest BCUT2D eigenvalue weighted by atomic mass is 32.2. The van der Waals surface area contributed by atoms with Gasteiger partial charge >= 0.3 is 6.03 Å². The van der Waals surface area contributed by atoms with Crippen LogP contribution in [0.1, 0.15) is 12.5 Å². The Labute approximate surface area is 139 Å². The number of likely N-dealkylation sites (N-methyl/N-ethyl adjacent to an activating group) is 1. The van der Waals surface area contributed by atoms with Crippen LogP contribution in [0.2, 0.25) is 0 Å². The van der Waals surface area contributed by atoms with Crippen LogP contribution in [-0.4, -0.2) is 23.4 Å². The summed E-state index contributed by atoms with van der Waals surface area (Å²) in [6.07, 6.45) is 1.74. The number of carbonyl (C=O) groups is 2. The molecular formula is C18H16N2O2S. The molecule has 5 heteroatoms. The second-order valence-electron chi connectivity index (χ2n) is 4.99. The quantitative estimate of drug-likeness (QED) is 0.688. The van der Waals surface area contributed by atoms with Crippen LogP contribution in [-0.2, 0) is 4.79 Å². The Morgan fingerprint density at radius 2 is 1.74 bits per heavy atom. The largest absolute Gasteiger partial charge is 0.328 e. The van der Waals surface area contributed by atoms with Gasteiger partial charge in [-0.3, -0.25) is 9.69 Å². The van der Waals surface area contributed by atoms with Gasteiger partial charge in [-0.15, -0.1) is 0 Å². The SMILES string of the molecule is CCN1C(=O)N/C(=C\c2ccccc2Sc2ccccc2)C1=O. The lowest BCUT2D eigenvalue weighted by atomic mass is 10.2. The minimum absolute atomic E-state index is 0.281. The molecule has 1 fully saturated rings. The maximum absolute atomic E-state index is 12.2. The summed E-state index contributed by atoms with van der Waals surface area (Å²) in [4.78, 5) is 27.3. The molecule has 0 radical (unpaired) electrons. The summed E-state index contributed by atoms with van der Waals surface area (Å²) >= 11 is 1.62. The van der Waals surface area contributed by atoms with Crippen LogP contribution in [0, 0.1) is 0 Å². The van der Waals surface area contributed by atoms with E-state index in [1.165, 1.54) is 4.90 Å². The van der Waals surface area contributed by atoms with Crippen molar-refractivity contribution in [3.8, 4) is 0 Å². The molecule has 0 spiro atoms. The molecule has 1 N–H and O–H groups in total. The summed E-state index contributed by atoms with van der Waals surface area (Å²) in [7, 11) is 0. The van der Waals surface area contributed by atoms with E-state index in [1.54, 1.807) is 24.8 Å². The first-order chi connectivity index (χ1) is 11.2. The van der Waals surface area contributed by atoms with Crippen molar-refractivity contribution in [3.05, 3.63) is 65.9 Å². The number of hydrogen-bond acceptors (Lipinski definition) is 3. The van der Waals surface area contributed by atoms with Crippen LogP contribution < -0.4 is 5.32 Å². The third-order valence-electron chi connectivity index (χ3n) is 3.47. The fraction of sp³-hybridized carbons (Fsp3) is 0.111. The van der Waals surface area contributed by atoms with Gasteiger partial charge in [-0.25, -0.2) is 4.79 Å². The Bertz CT molecular complexity index is 772. The van der Waals surface area contributed by atoms with Gasteiger partial charge in [0.25, 0.3) is 5.91 Å². The van der Waals surface area contributed by atoms with Crippen molar-refractivity contribution >= 4 is 29.8 Å². The fourth-order valence-electron chi connectivity index (χ4n) is 2.32. The van der Waals surface area contributed by atoms with Gasteiger partial charge in [0.15, 0.2) is 0 Å². The number of amides is 3. The van der Waals surface area contributed by atoms with Crippen LogP contribution in [0.5, 0.6) is 0 Å². The Morgan fingerprint density at radius 1 is 1.04 bits per heavy atom. The average Bonchev–Trinajstić information content (AvgIpc) is 2.83. The first kappa shape index (κ1) is 15.4. The maximum atomic E-state index is 12.2.